The highest BCUT2D eigenvalue weighted by Gasteiger charge is 2.35. The summed E-state index contributed by atoms with van der Waals surface area (Å²) in [4.78, 5) is 0. The average molecular weight is 305 g/mol. The highest BCUT2D eigenvalue weighted by Crippen LogP contribution is 2.32. The van der Waals surface area contributed by atoms with Gasteiger partial charge in [0.25, 0.3) is 0 Å². The molecule has 1 fully saturated rings. The molecule has 118 valence electrons. The number of benzene rings is 1. The van der Waals surface area contributed by atoms with Gasteiger partial charge in [-0.3, -0.25) is 0 Å². The van der Waals surface area contributed by atoms with Crippen molar-refractivity contribution < 1.29 is 22.7 Å². The van der Waals surface area contributed by atoms with Crippen LogP contribution in [0.4, 0.5) is 17.6 Å². The third-order valence-electron chi connectivity index (χ3n) is 4.12. The van der Waals surface area contributed by atoms with Crippen LogP contribution >= 0.6 is 0 Å². The Kier molecular flexibility index (Phi) is 4.88. The van der Waals surface area contributed by atoms with Gasteiger partial charge in [0.05, 0.1) is 12.2 Å². The molecule has 1 saturated carbocycles. The number of alkyl halides is 3. The van der Waals surface area contributed by atoms with Gasteiger partial charge in [-0.25, -0.2) is 4.39 Å². The summed E-state index contributed by atoms with van der Waals surface area (Å²) in [6.45, 7) is 0.143. The first-order chi connectivity index (χ1) is 9.86. The van der Waals surface area contributed by atoms with Gasteiger partial charge < -0.3 is 10.4 Å². The zero-order chi connectivity index (χ0) is 15.5. The molecular formula is C15H19F4NO. The molecule has 0 bridgehead atoms. The van der Waals surface area contributed by atoms with E-state index in [4.69, 9.17) is 0 Å². The van der Waals surface area contributed by atoms with E-state index >= 15 is 0 Å². The normalized spacial score (nSPS) is 18.7. The summed E-state index contributed by atoms with van der Waals surface area (Å²) in [5.41, 5.74) is -1.31. The van der Waals surface area contributed by atoms with Crippen molar-refractivity contribution in [1.29, 1.82) is 0 Å². The molecule has 1 aliphatic rings. The predicted molar refractivity (Wildman–Crippen MR) is 71.1 cm³/mol. The fraction of sp³-hybridized carbons (Fsp3) is 0.600. The number of hydrogen-bond donors (Lipinski definition) is 2. The van der Waals surface area contributed by atoms with E-state index in [2.05, 4.69) is 5.32 Å². The maximum Gasteiger partial charge on any atom is 0.419 e. The molecule has 1 aromatic rings. The van der Waals surface area contributed by atoms with Crippen molar-refractivity contribution in [3.05, 3.63) is 35.1 Å². The molecule has 0 atom stereocenters. The maximum absolute atomic E-state index is 13.2. The van der Waals surface area contributed by atoms with Crippen molar-refractivity contribution in [1.82, 2.24) is 5.32 Å². The lowest BCUT2D eigenvalue weighted by atomic mass is 9.82. The van der Waals surface area contributed by atoms with Crippen LogP contribution in [-0.4, -0.2) is 17.3 Å². The predicted octanol–water partition coefficient (Wildman–Crippen LogP) is 3.63. The second-order valence-corrected chi connectivity index (χ2v) is 5.66. The fourth-order valence-electron chi connectivity index (χ4n) is 2.81. The summed E-state index contributed by atoms with van der Waals surface area (Å²) in [7, 11) is 0. The first-order valence-electron chi connectivity index (χ1n) is 7.08. The molecule has 2 N–H and O–H groups in total. The van der Waals surface area contributed by atoms with Crippen molar-refractivity contribution in [2.45, 2.75) is 50.4 Å². The summed E-state index contributed by atoms with van der Waals surface area (Å²) < 4.78 is 51.2. The number of aliphatic hydroxyl groups excluding tert-OH is 1. The van der Waals surface area contributed by atoms with Crippen LogP contribution in [-0.2, 0) is 12.7 Å². The Morgan fingerprint density at radius 2 is 1.81 bits per heavy atom. The second-order valence-electron chi connectivity index (χ2n) is 5.66. The van der Waals surface area contributed by atoms with Gasteiger partial charge in [0.1, 0.15) is 5.82 Å². The van der Waals surface area contributed by atoms with Crippen LogP contribution in [0.2, 0.25) is 0 Å². The number of hydrogen-bond acceptors (Lipinski definition) is 2. The first-order valence-corrected chi connectivity index (χ1v) is 7.08. The topological polar surface area (TPSA) is 32.3 Å². The minimum Gasteiger partial charge on any atom is -0.394 e. The molecule has 0 heterocycles. The van der Waals surface area contributed by atoms with Gasteiger partial charge >= 0.3 is 6.18 Å². The molecule has 0 amide bonds. The molecule has 0 saturated heterocycles. The molecule has 0 unspecified atom stereocenters. The van der Waals surface area contributed by atoms with Crippen LogP contribution in [0.3, 0.4) is 0 Å². The standard InChI is InChI=1S/C15H19F4NO/c16-13-5-4-11(8-12(13)15(17,18)19)9-20-14(10-21)6-2-1-3-7-14/h4-5,8,20-21H,1-3,6-7,9-10H2. The average Bonchev–Trinajstić information content (AvgIpc) is 2.46. The lowest BCUT2D eigenvalue weighted by Crippen LogP contribution is -2.49. The Bertz CT molecular complexity index is 481. The van der Waals surface area contributed by atoms with E-state index in [0.29, 0.717) is 5.56 Å². The Hall–Kier alpha value is -1.14. The zero-order valence-corrected chi connectivity index (χ0v) is 11.6. The lowest BCUT2D eigenvalue weighted by Gasteiger charge is -2.36. The van der Waals surface area contributed by atoms with Crippen LogP contribution < -0.4 is 5.32 Å². The van der Waals surface area contributed by atoms with Gasteiger partial charge in [0.15, 0.2) is 0 Å². The summed E-state index contributed by atoms with van der Waals surface area (Å²) in [6, 6.07) is 3.01. The van der Waals surface area contributed by atoms with Gasteiger partial charge in [-0.1, -0.05) is 25.3 Å². The van der Waals surface area contributed by atoms with Gasteiger partial charge in [-0.2, -0.15) is 13.2 Å². The molecule has 0 radical (unpaired) electrons. The summed E-state index contributed by atoms with van der Waals surface area (Å²) >= 11 is 0. The van der Waals surface area contributed by atoms with E-state index in [1.165, 1.54) is 6.07 Å². The first kappa shape index (κ1) is 16.2. The largest absolute Gasteiger partial charge is 0.419 e. The van der Waals surface area contributed by atoms with E-state index in [-0.39, 0.29) is 13.2 Å². The summed E-state index contributed by atoms with van der Waals surface area (Å²) in [5.74, 6) is -1.26. The van der Waals surface area contributed by atoms with Crippen LogP contribution in [0.5, 0.6) is 0 Å². The quantitative estimate of drug-likeness (QED) is 0.833. The van der Waals surface area contributed by atoms with E-state index in [1.54, 1.807) is 0 Å². The molecule has 1 aromatic carbocycles. The van der Waals surface area contributed by atoms with Gasteiger partial charge in [0, 0.05) is 12.1 Å². The van der Waals surface area contributed by atoms with Crippen LogP contribution in [0, 0.1) is 5.82 Å². The van der Waals surface area contributed by atoms with Crippen LogP contribution in [0.25, 0.3) is 0 Å². The smallest absolute Gasteiger partial charge is 0.394 e. The molecule has 2 nitrogen and oxygen atoms in total. The summed E-state index contributed by atoms with van der Waals surface area (Å²) in [6.07, 6.45) is 0.000993. The number of rotatable bonds is 4. The van der Waals surface area contributed by atoms with E-state index < -0.39 is 23.1 Å². The molecule has 1 aliphatic carbocycles. The van der Waals surface area contributed by atoms with Gasteiger partial charge in [-0.15, -0.1) is 0 Å². The van der Waals surface area contributed by atoms with Gasteiger partial charge in [0.2, 0.25) is 0 Å². The fourth-order valence-corrected chi connectivity index (χ4v) is 2.81. The zero-order valence-electron chi connectivity index (χ0n) is 11.6. The van der Waals surface area contributed by atoms with E-state index in [0.717, 1.165) is 44.2 Å². The third-order valence-corrected chi connectivity index (χ3v) is 4.12. The number of halogens is 4. The number of nitrogens with one attached hydrogen (secondary N) is 1. The number of aliphatic hydroxyl groups is 1. The highest BCUT2D eigenvalue weighted by molar-refractivity contribution is 5.27. The van der Waals surface area contributed by atoms with E-state index in [9.17, 15) is 22.7 Å². The molecule has 6 heteroatoms. The third kappa shape index (κ3) is 3.95. The molecule has 0 aromatic heterocycles. The Morgan fingerprint density at radius 1 is 1.14 bits per heavy atom. The Labute approximate surface area is 121 Å². The van der Waals surface area contributed by atoms with Crippen LogP contribution in [0.1, 0.15) is 43.2 Å². The SMILES string of the molecule is OCC1(NCc2ccc(F)c(C(F)(F)F)c2)CCCCC1. The molecule has 0 aliphatic heterocycles. The van der Waals surface area contributed by atoms with Crippen molar-refractivity contribution in [3.8, 4) is 0 Å². The van der Waals surface area contributed by atoms with Crippen molar-refractivity contribution in [2.24, 2.45) is 0 Å². The van der Waals surface area contributed by atoms with Crippen LogP contribution in [0.15, 0.2) is 18.2 Å². The maximum atomic E-state index is 13.2. The lowest BCUT2D eigenvalue weighted by molar-refractivity contribution is -0.140. The highest BCUT2D eigenvalue weighted by atomic mass is 19.4. The van der Waals surface area contributed by atoms with Crippen molar-refractivity contribution in [2.75, 3.05) is 6.61 Å². The molecular weight excluding hydrogens is 286 g/mol. The second kappa shape index (κ2) is 6.32. The monoisotopic (exact) mass is 305 g/mol. The Balaban J connectivity index is 2.09. The molecule has 0 spiro atoms. The van der Waals surface area contributed by atoms with Gasteiger partial charge in [-0.05, 0) is 30.5 Å². The minimum atomic E-state index is -4.69. The van der Waals surface area contributed by atoms with Crippen molar-refractivity contribution in [3.63, 3.8) is 0 Å². The Morgan fingerprint density at radius 3 is 2.38 bits per heavy atom. The summed E-state index contributed by atoms with van der Waals surface area (Å²) in [5, 5.41) is 12.7. The van der Waals surface area contributed by atoms with E-state index in [1.807, 2.05) is 0 Å². The van der Waals surface area contributed by atoms with Crippen molar-refractivity contribution >= 4 is 0 Å². The molecule has 21 heavy (non-hydrogen) atoms. The minimum absolute atomic E-state index is 0.0413. The molecule has 2 rings (SSSR count).